The summed E-state index contributed by atoms with van der Waals surface area (Å²) in [5.41, 5.74) is 1.53. The normalized spacial score (nSPS) is 10.4. The first-order valence-electron chi connectivity index (χ1n) is 4.78. The van der Waals surface area contributed by atoms with Crippen molar-refractivity contribution in [2.24, 2.45) is 0 Å². The molecule has 0 saturated heterocycles. The zero-order chi connectivity index (χ0) is 12.4. The number of ether oxygens (including phenoxy) is 1. The fourth-order valence-corrected chi connectivity index (χ4v) is 2.20. The van der Waals surface area contributed by atoms with E-state index >= 15 is 0 Å². The Bertz CT molecular complexity index is 557. The van der Waals surface area contributed by atoms with Crippen LogP contribution in [0.4, 0.5) is 0 Å². The smallest absolute Gasteiger partial charge is 0.214 e. The Morgan fingerprint density at radius 3 is 2.29 bits per heavy atom. The van der Waals surface area contributed by atoms with Crippen molar-refractivity contribution in [3.05, 3.63) is 45.5 Å². The second-order valence-electron chi connectivity index (χ2n) is 3.32. The molecule has 0 fully saturated rings. The van der Waals surface area contributed by atoms with Gasteiger partial charge in [-0.2, -0.15) is 0 Å². The van der Waals surface area contributed by atoms with Crippen LogP contribution in [0.2, 0.25) is 15.2 Å². The van der Waals surface area contributed by atoms with E-state index in [1.54, 1.807) is 24.3 Å². The van der Waals surface area contributed by atoms with Crippen molar-refractivity contribution in [2.75, 3.05) is 7.11 Å². The fourth-order valence-electron chi connectivity index (χ4n) is 1.44. The first-order chi connectivity index (χ1) is 8.11. The van der Waals surface area contributed by atoms with Crippen LogP contribution in [-0.2, 0) is 0 Å². The van der Waals surface area contributed by atoms with Crippen LogP contribution < -0.4 is 4.74 Å². The average molecular weight is 289 g/mol. The van der Waals surface area contributed by atoms with Crippen molar-refractivity contribution in [3.8, 4) is 17.0 Å². The van der Waals surface area contributed by atoms with Gasteiger partial charge in [0.05, 0.1) is 7.11 Å². The molecule has 0 unspecified atom stereocenters. The van der Waals surface area contributed by atoms with Crippen LogP contribution in [0.25, 0.3) is 11.1 Å². The molecule has 5 heteroatoms. The Hall–Kier alpha value is -0.960. The van der Waals surface area contributed by atoms with Gasteiger partial charge in [0, 0.05) is 27.2 Å². The molecule has 2 aromatic rings. The summed E-state index contributed by atoms with van der Waals surface area (Å²) in [6.45, 7) is 0. The molecule has 0 N–H and O–H groups in total. The van der Waals surface area contributed by atoms with E-state index < -0.39 is 0 Å². The van der Waals surface area contributed by atoms with E-state index in [-0.39, 0.29) is 0 Å². The Morgan fingerprint density at radius 2 is 1.71 bits per heavy atom. The summed E-state index contributed by atoms with van der Waals surface area (Å²) < 4.78 is 4.99. The van der Waals surface area contributed by atoms with Crippen LogP contribution >= 0.6 is 34.8 Å². The van der Waals surface area contributed by atoms with Gasteiger partial charge in [-0.05, 0) is 18.2 Å². The third-order valence-corrected chi connectivity index (χ3v) is 3.09. The lowest BCUT2D eigenvalue weighted by atomic mass is 10.1. The number of halogens is 3. The van der Waals surface area contributed by atoms with E-state index in [1.807, 2.05) is 6.07 Å². The van der Waals surface area contributed by atoms with Crippen molar-refractivity contribution >= 4 is 34.8 Å². The maximum Gasteiger partial charge on any atom is 0.214 e. The third-order valence-electron chi connectivity index (χ3n) is 2.25. The highest BCUT2D eigenvalue weighted by Gasteiger charge is 2.10. The molecule has 2 nitrogen and oxygen atoms in total. The molecule has 0 aliphatic rings. The highest BCUT2D eigenvalue weighted by atomic mass is 35.5. The Kier molecular flexibility index (Phi) is 3.77. The first-order valence-corrected chi connectivity index (χ1v) is 5.91. The lowest BCUT2D eigenvalue weighted by molar-refractivity contribution is 0.398. The standard InChI is InChI=1S/C12H8Cl3NO/c1-17-11-5-4-9(12(15)16-11)8-3-2-7(13)6-10(8)14/h2-6H,1H3. The zero-order valence-electron chi connectivity index (χ0n) is 8.88. The van der Waals surface area contributed by atoms with Gasteiger partial charge in [-0.1, -0.05) is 40.9 Å². The number of pyridine rings is 1. The molecule has 0 spiro atoms. The maximum absolute atomic E-state index is 6.11. The number of benzene rings is 1. The van der Waals surface area contributed by atoms with Gasteiger partial charge in [0.2, 0.25) is 5.88 Å². The summed E-state index contributed by atoms with van der Waals surface area (Å²) in [4.78, 5) is 4.08. The van der Waals surface area contributed by atoms with Crippen LogP contribution in [0.3, 0.4) is 0 Å². The molecule has 1 aromatic heterocycles. The minimum atomic E-state index is 0.341. The van der Waals surface area contributed by atoms with Crippen LogP contribution in [0, 0.1) is 0 Å². The van der Waals surface area contributed by atoms with Gasteiger partial charge in [0.1, 0.15) is 5.15 Å². The van der Waals surface area contributed by atoms with Gasteiger partial charge in [0.25, 0.3) is 0 Å². The molecular weight excluding hydrogens is 280 g/mol. The minimum Gasteiger partial charge on any atom is -0.481 e. The van der Waals surface area contributed by atoms with Gasteiger partial charge < -0.3 is 4.74 Å². The SMILES string of the molecule is COc1ccc(-c2ccc(Cl)cc2Cl)c(Cl)n1. The summed E-state index contributed by atoms with van der Waals surface area (Å²) in [5.74, 6) is 0.462. The fraction of sp³-hybridized carbons (Fsp3) is 0.0833. The zero-order valence-corrected chi connectivity index (χ0v) is 11.1. The molecule has 0 aliphatic carbocycles. The summed E-state index contributed by atoms with van der Waals surface area (Å²) in [7, 11) is 1.54. The molecule has 0 amide bonds. The Balaban J connectivity index is 2.53. The summed E-state index contributed by atoms with van der Waals surface area (Å²) >= 11 is 18.0. The van der Waals surface area contributed by atoms with Crippen LogP contribution in [-0.4, -0.2) is 12.1 Å². The predicted molar refractivity (Wildman–Crippen MR) is 71.3 cm³/mol. The van der Waals surface area contributed by atoms with Crippen molar-refractivity contribution in [2.45, 2.75) is 0 Å². The van der Waals surface area contributed by atoms with Gasteiger partial charge in [0.15, 0.2) is 0 Å². The molecular formula is C12H8Cl3NO. The van der Waals surface area contributed by atoms with Crippen molar-refractivity contribution in [1.29, 1.82) is 0 Å². The van der Waals surface area contributed by atoms with Gasteiger partial charge >= 0.3 is 0 Å². The second kappa shape index (κ2) is 5.13. The number of nitrogens with zero attached hydrogens (tertiary/aromatic N) is 1. The molecule has 17 heavy (non-hydrogen) atoms. The second-order valence-corrected chi connectivity index (χ2v) is 4.52. The molecule has 1 heterocycles. The van der Waals surface area contributed by atoms with E-state index in [1.165, 1.54) is 7.11 Å². The minimum absolute atomic E-state index is 0.341. The lowest BCUT2D eigenvalue weighted by Gasteiger charge is -2.07. The summed E-state index contributed by atoms with van der Waals surface area (Å²) in [5, 5.41) is 1.45. The monoisotopic (exact) mass is 287 g/mol. The topological polar surface area (TPSA) is 22.1 Å². The molecule has 0 atom stereocenters. The van der Waals surface area contributed by atoms with Crippen molar-refractivity contribution in [3.63, 3.8) is 0 Å². The van der Waals surface area contributed by atoms with E-state index in [4.69, 9.17) is 39.5 Å². The van der Waals surface area contributed by atoms with E-state index in [0.29, 0.717) is 21.1 Å². The van der Waals surface area contributed by atoms with Crippen LogP contribution in [0.1, 0.15) is 0 Å². The molecule has 0 bridgehead atoms. The quantitative estimate of drug-likeness (QED) is 0.746. The van der Waals surface area contributed by atoms with E-state index in [0.717, 1.165) is 11.1 Å². The number of hydrogen-bond donors (Lipinski definition) is 0. The molecule has 0 aliphatic heterocycles. The van der Waals surface area contributed by atoms with Crippen molar-refractivity contribution in [1.82, 2.24) is 4.98 Å². The average Bonchev–Trinajstić information content (AvgIpc) is 2.30. The number of rotatable bonds is 2. The Morgan fingerprint density at radius 1 is 1.00 bits per heavy atom. The predicted octanol–water partition coefficient (Wildman–Crippen LogP) is 4.72. The summed E-state index contributed by atoms with van der Waals surface area (Å²) in [6, 6.07) is 8.76. The van der Waals surface area contributed by atoms with Crippen molar-refractivity contribution < 1.29 is 4.74 Å². The molecule has 0 radical (unpaired) electrons. The van der Waals surface area contributed by atoms with Gasteiger partial charge in [-0.3, -0.25) is 0 Å². The third kappa shape index (κ3) is 2.65. The largest absolute Gasteiger partial charge is 0.481 e. The number of hydrogen-bond acceptors (Lipinski definition) is 2. The van der Waals surface area contributed by atoms with Gasteiger partial charge in [-0.25, -0.2) is 4.98 Å². The first kappa shape index (κ1) is 12.5. The Labute approximate surface area is 114 Å². The lowest BCUT2D eigenvalue weighted by Crippen LogP contribution is -1.90. The van der Waals surface area contributed by atoms with E-state index in [9.17, 15) is 0 Å². The van der Waals surface area contributed by atoms with Crippen LogP contribution in [0.15, 0.2) is 30.3 Å². The van der Waals surface area contributed by atoms with E-state index in [2.05, 4.69) is 4.98 Å². The molecule has 1 aromatic carbocycles. The molecule has 88 valence electrons. The van der Waals surface area contributed by atoms with Gasteiger partial charge in [-0.15, -0.1) is 0 Å². The molecule has 0 saturated carbocycles. The number of aromatic nitrogens is 1. The number of methoxy groups -OCH3 is 1. The maximum atomic E-state index is 6.11. The highest BCUT2D eigenvalue weighted by molar-refractivity contribution is 6.37. The van der Waals surface area contributed by atoms with Crippen LogP contribution in [0.5, 0.6) is 5.88 Å². The molecule has 2 rings (SSSR count). The highest BCUT2D eigenvalue weighted by Crippen LogP contribution is 2.34. The summed E-state index contributed by atoms with van der Waals surface area (Å²) in [6.07, 6.45) is 0.